The standard InChI is InChI=1S/C22H13F2NO5/c23-15-6-8-16(9-7-15)29-12-14-11-13(5-10-19(14)24)22(28)30-25-20(26)17-3-1-2-4-18(17)21(25)27/h1-11H,12H2. The van der Waals surface area contributed by atoms with Crippen LogP contribution >= 0.6 is 0 Å². The van der Waals surface area contributed by atoms with E-state index in [9.17, 15) is 23.2 Å². The van der Waals surface area contributed by atoms with Crippen molar-refractivity contribution in [1.82, 2.24) is 5.06 Å². The third kappa shape index (κ3) is 3.62. The predicted octanol–water partition coefficient (Wildman–Crippen LogP) is 3.91. The van der Waals surface area contributed by atoms with Crippen LogP contribution in [0.2, 0.25) is 0 Å². The number of carbonyl (C=O) groups is 3. The maximum atomic E-state index is 14.1. The zero-order valence-electron chi connectivity index (χ0n) is 15.3. The van der Waals surface area contributed by atoms with Gasteiger partial charge >= 0.3 is 5.97 Å². The van der Waals surface area contributed by atoms with Crippen molar-refractivity contribution >= 4 is 17.8 Å². The summed E-state index contributed by atoms with van der Waals surface area (Å²) in [7, 11) is 0. The minimum Gasteiger partial charge on any atom is -0.489 e. The quantitative estimate of drug-likeness (QED) is 0.598. The summed E-state index contributed by atoms with van der Waals surface area (Å²) in [6.45, 7) is -0.231. The van der Waals surface area contributed by atoms with E-state index in [-0.39, 0.29) is 28.9 Å². The number of benzene rings is 3. The smallest absolute Gasteiger partial charge is 0.363 e. The van der Waals surface area contributed by atoms with Gasteiger partial charge in [0.1, 0.15) is 24.0 Å². The number of hydrogen-bond acceptors (Lipinski definition) is 5. The van der Waals surface area contributed by atoms with Crippen LogP contribution in [0.5, 0.6) is 5.75 Å². The van der Waals surface area contributed by atoms with Crippen molar-refractivity contribution < 1.29 is 32.7 Å². The first kappa shape index (κ1) is 19.3. The zero-order chi connectivity index (χ0) is 21.3. The Bertz CT molecular complexity index is 1130. The lowest BCUT2D eigenvalue weighted by Gasteiger charge is -2.13. The molecule has 3 aromatic rings. The molecule has 0 bridgehead atoms. The molecule has 1 heterocycles. The molecule has 3 aromatic carbocycles. The molecule has 6 nitrogen and oxygen atoms in total. The average Bonchev–Trinajstić information content (AvgIpc) is 2.99. The normalized spacial score (nSPS) is 12.7. The minimum absolute atomic E-state index is 0.0381. The first-order valence-electron chi connectivity index (χ1n) is 8.81. The second kappa shape index (κ2) is 7.75. The Morgan fingerprint density at radius 3 is 2.13 bits per heavy atom. The topological polar surface area (TPSA) is 72.9 Å². The molecule has 150 valence electrons. The van der Waals surface area contributed by atoms with Crippen LogP contribution in [0.25, 0.3) is 0 Å². The summed E-state index contributed by atoms with van der Waals surface area (Å²) in [5, 5.41) is 0.380. The van der Waals surface area contributed by atoms with Gasteiger partial charge in [0.25, 0.3) is 11.8 Å². The zero-order valence-corrected chi connectivity index (χ0v) is 15.3. The van der Waals surface area contributed by atoms with Gasteiger partial charge in [-0.1, -0.05) is 17.2 Å². The van der Waals surface area contributed by atoms with Gasteiger partial charge in [0.05, 0.1) is 16.7 Å². The molecule has 30 heavy (non-hydrogen) atoms. The lowest BCUT2D eigenvalue weighted by atomic mass is 10.1. The van der Waals surface area contributed by atoms with E-state index in [4.69, 9.17) is 9.57 Å². The number of nitrogens with zero attached hydrogens (tertiary/aromatic N) is 1. The van der Waals surface area contributed by atoms with Crippen LogP contribution in [-0.2, 0) is 11.4 Å². The highest BCUT2D eigenvalue weighted by atomic mass is 19.1. The number of hydrogen-bond donors (Lipinski definition) is 0. The molecule has 0 unspecified atom stereocenters. The molecule has 0 fully saturated rings. The molecule has 0 saturated heterocycles. The predicted molar refractivity (Wildman–Crippen MR) is 99.5 cm³/mol. The van der Waals surface area contributed by atoms with E-state index >= 15 is 0 Å². The van der Waals surface area contributed by atoms with Crippen LogP contribution in [0.1, 0.15) is 36.6 Å². The third-order valence-corrected chi connectivity index (χ3v) is 4.42. The average molecular weight is 409 g/mol. The van der Waals surface area contributed by atoms with Crippen molar-refractivity contribution in [2.45, 2.75) is 6.61 Å². The summed E-state index contributed by atoms with van der Waals surface area (Å²) in [5.74, 6) is -3.28. The molecular weight excluding hydrogens is 396 g/mol. The Kier molecular flexibility index (Phi) is 4.97. The fraction of sp³-hybridized carbons (Fsp3) is 0.0455. The number of halogens is 2. The first-order chi connectivity index (χ1) is 14.4. The van der Waals surface area contributed by atoms with E-state index in [0.717, 1.165) is 12.1 Å². The van der Waals surface area contributed by atoms with E-state index < -0.39 is 29.4 Å². The van der Waals surface area contributed by atoms with Crippen molar-refractivity contribution in [3.8, 4) is 5.75 Å². The fourth-order valence-electron chi connectivity index (χ4n) is 2.89. The molecule has 1 aliphatic rings. The number of fused-ring (bicyclic) bond motifs is 1. The largest absolute Gasteiger partial charge is 0.489 e. The highest BCUT2D eigenvalue weighted by molar-refractivity contribution is 6.21. The Morgan fingerprint density at radius 2 is 1.50 bits per heavy atom. The van der Waals surface area contributed by atoms with E-state index in [1.807, 2.05) is 0 Å². The Hall–Kier alpha value is -4.07. The Balaban J connectivity index is 1.48. The fourth-order valence-corrected chi connectivity index (χ4v) is 2.89. The molecule has 0 atom stereocenters. The Morgan fingerprint density at radius 1 is 0.867 bits per heavy atom. The van der Waals surface area contributed by atoms with Gasteiger partial charge in [0, 0.05) is 5.56 Å². The molecule has 2 amide bonds. The second-order valence-electron chi connectivity index (χ2n) is 6.38. The third-order valence-electron chi connectivity index (χ3n) is 4.42. The van der Waals surface area contributed by atoms with E-state index in [1.165, 1.54) is 42.5 Å². The van der Waals surface area contributed by atoms with Gasteiger partial charge in [-0.2, -0.15) is 0 Å². The van der Waals surface area contributed by atoms with Crippen LogP contribution in [0.15, 0.2) is 66.7 Å². The summed E-state index contributed by atoms with van der Waals surface area (Å²) >= 11 is 0. The van der Waals surface area contributed by atoms with Gasteiger partial charge in [0.15, 0.2) is 0 Å². The number of rotatable bonds is 5. The second-order valence-corrected chi connectivity index (χ2v) is 6.38. The minimum atomic E-state index is -1.01. The SMILES string of the molecule is O=C(ON1C(=O)c2ccccc2C1=O)c1ccc(F)c(COc2ccc(F)cc2)c1. The molecular formula is C22H13F2NO5. The number of imide groups is 1. The summed E-state index contributed by atoms with van der Waals surface area (Å²) in [6.07, 6.45) is 0. The molecule has 0 spiro atoms. The molecule has 0 N–H and O–H groups in total. The molecule has 0 aromatic heterocycles. The maximum absolute atomic E-state index is 14.1. The summed E-state index contributed by atoms with van der Waals surface area (Å²) in [5.41, 5.74) is 0.215. The van der Waals surface area contributed by atoms with Crippen LogP contribution in [0.4, 0.5) is 8.78 Å². The molecule has 0 saturated carbocycles. The molecule has 0 aliphatic carbocycles. The number of ether oxygens (including phenoxy) is 1. The van der Waals surface area contributed by atoms with Crippen LogP contribution in [0.3, 0.4) is 0 Å². The number of hydroxylamine groups is 2. The lowest BCUT2D eigenvalue weighted by molar-refractivity contribution is -0.0584. The highest BCUT2D eigenvalue weighted by Gasteiger charge is 2.38. The summed E-state index contributed by atoms with van der Waals surface area (Å²) < 4.78 is 32.4. The maximum Gasteiger partial charge on any atom is 0.363 e. The summed E-state index contributed by atoms with van der Waals surface area (Å²) in [6, 6.07) is 14.6. The first-order valence-corrected chi connectivity index (χ1v) is 8.81. The Labute approximate surface area is 169 Å². The van der Waals surface area contributed by atoms with Gasteiger partial charge < -0.3 is 9.57 Å². The van der Waals surface area contributed by atoms with Gasteiger partial charge in [-0.05, 0) is 54.6 Å². The van der Waals surface area contributed by atoms with Gasteiger partial charge in [0.2, 0.25) is 0 Å². The van der Waals surface area contributed by atoms with E-state index in [0.29, 0.717) is 10.8 Å². The van der Waals surface area contributed by atoms with Crippen LogP contribution < -0.4 is 4.74 Å². The lowest BCUT2D eigenvalue weighted by Crippen LogP contribution is -2.32. The molecule has 1 aliphatic heterocycles. The van der Waals surface area contributed by atoms with E-state index in [1.54, 1.807) is 12.1 Å². The van der Waals surface area contributed by atoms with Crippen molar-refractivity contribution in [2.24, 2.45) is 0 Å². The van der Waals surface area contributed by atoms with Gasteiger partial charge in [-0.3, -0.25) is 9.59 Å². The van der Waals surface area contributed by atoms with Crippen molar-refractivity contribution in [2.75, 3.05) is 0 Å². The number of carbonyl (C=O) groups excluding carboxylic acids is 3. The van der Waals surface area contributed by atoms with Crippen molar-refractivity contribution in [3.05, 3.63) is 101 Å². The van der Waals surface area contributed by atoms with Crippen molar-refractivity contribution in [3.63, 3.8) is 0 Å². The van der Waals surface area contributed by atoms with Gasteiger partial charge in [-0.25, -0.2) is 13.6 Å². The number of amides is 2. The van der Waals surface area contributed by atoms with Crippen LogP contribution in [0, 0.1) is 11.6 Å². The van der Waals surface area contributed by atoms with Crippen molar-refractivity contribution in [1.29, 1.82) is 0 Å². The molecule has 4 rings (SSSR count). The highest BCUT2D eigenvalue weighted by Crippen LogP contribution is 2.24. The van der Waals surface area contributed by atoms with Crippen LogP contribution in [-0.4, -0.2) is 22.8 Å². The monoisotopic (exact) mass is 409 g/mol. The summed E-state index contributed by atoms with van der Waals surface area (Å²) in [4.78, 5) is 42.0. The molecule has 8 heteroatoms. The van der Waals surface area contributed by atoms with Gasteiger partial charge in [-0.15, -0.1) is 0 Å². The van der Waals surface area contributed by atoms with E-state index in [2.05, 4.69) is 0 Å². The molecule has 0 radical (unpaired) electrons.